The van der Waals surface area contributed by atoms with Crippen LogP contribution in [0.15, 0.2) is 47.4 Å². The Hall–Kier alpha value is -2.38. The number of amides is 1. The number of hydrogen-bond donors (Lipinski definition) is 2. The summed E-state index contributed by atoms with van der Waals surface area (Å²) in [5, 5.41) is 2.68. The van der Waals surface area contributed by atoms with Crippen molar-refractivity contribution in [3.05, 3.63) is 59.2 Å². The first-order valence-electron chi connectivity index (χ1n) is 7.82. The largest absolute Gasteiger partial charge is 0.497 e. The topological polar surface area (TPSA) is 84.5 Å². The Bertz CT molecular complexity index is 863. The Morgan fingerprint density at radius 2 is 1.84 bits per heavy atom. The molecule has 0 aromatic heterocycles. The van der Waals surface area contributed by atoms with E-state index in [1.807, 2.05) is 13.0 Å². The van der Waals surface area contributed by atoms with Crippen LogP contribution in [0.25, 0.3) is 0 Å². The molecular weight excluding hydrogens is 340 g/mol. The molecular formula is C18H22N2O4S. The number of sulfonamides is 1. The van der Waals surface area contributed by atoms with Crippen molar-refractivity contribution in [2.45, 2.75) is 18.7 Å². The normalized spacial score (nSPS) is 11.2. The predicted octanol–water partition coefficient (Wildman–Crippen LogP) is 2.02. The van der Waals surface area contributed by atoms with Crippen LogP contribution in [0.5, 0.6) is 5.75 Å². The minimum absolute atomic E-state index is 0.103. The van der Waals surface area contributed by atoms with Crippen LogP contribution >= 0.6 is 0 Å². The zero-order valence-corrected chi connectivity index (χ0v) is 15.3. The van der Waals surface area contributed by atoms with Crippen LogP contribution in [0, 0.1) is 13.8 Å². The average Bonchev–Trinajstić information content (AvgIpc) is 2.58. The number of carbonyl (C=O) groups is 1. The first-order chi connectivity index (χ1) is 11.8. The molecule has 0 saturated carbocycles. The van der Waals surface area contributed by atoms with Crippen molar-refractivity contribution in [3.8, 4) is 5.75 Å². The van der Waals surface area contributed by atoms with Crippen molar-refractivity contribution in [2.75, 3.05) is 20.2 Å². The lowest BCUT2D eigenvalue weighted by Crippen LogP contribution is -2.34. The molecule has 0 saturated heterocycles. The van der Waals surface area contributed by atoms with Gasteiger partial charge in [-0.1, -0.05) is 23.8 Å². The van der Waals surface area contributed by atoms with Gasteiger partial charge in [0, 0.05) is 18.7 Å². The van der Waals surface area contributed by atoms with E-state index >= 15 is 0 Å². The smallest absolute Gasteiger partial charge is 0.251 e. The van der Waals surface area contributed by atoms with E-state index in [1.165, 1.54) is 7.11 Å². The molecule has 1 amide bonds. The van der Waals surface area contributed by atoms with E-state index in [0.717, 1.165) is 5.56 Å². The molecule has 2 N–H and O–H groups in total. The predicted molar refractivity (Wildman–Crippen MR) is 96.4 cm³/mol. The molecule has 0 aliphatic heterocycles. The molecule has 2 aromatic rings. The average molecular weight is 362 g/mol. The summed E-state index contributed by atoms with van der Waals surface area (Å²) in [6.07, 6.45) is 0. The summed E-state index contributed by atoms with van der Waals surface area (Å²) in [6.45, 7) is 3.95. The first-order valence-corrected chi connectivity index (χ1v) is 9.31. The van der Waals surface area contributed by atoms with Crippen LogP contribution in [-0.2, 0) is 10.0 Å². The van der Waals surface area contributed by atoms with E-state index in [4.69, 9.17) is 4.74 Å². The van der Waals surface area contributed by atoms with E-state index in [1.54, 1.807) is 43.3 Å². The SMILES string of the molecule is COc1cccc(C(=O)NCCNS(=O)(=O)c2ccc(C)cc2C)c1. The lowest BCUT2D eigenvalue weighted by molar-refractivity contribution is 0.0954. The van der Waals surface area contributed by atoms with Gasteiger partial charge in [-0.25, -0.2) is 13.1 Å². The standard InChI is InChI=1S/C18H22N2O4S/c1-13-7-8-17(14(2)11-13)25(22,23)20-10-9-19-18(21)15-5-4-6-16(12-15)24-3/h4-8,11-12,20H,9-10H2,1-3H3,(H,19,21). The molecule has 25 heavy (non-hydrogen) atoms. The van der Waals surface area contributed by atoms with Crippen molar-refractivity contribution in [2.24, 2.45) is 0 Å². The van der Waals surface area contributed by atoms with Crippen molar-refractivity contribution in [1.82, 2.24) is 10.0 Å². The van der Waals surface area contributed by atoms with Gasteiger partial charge in [-0.15, -0.1) is 0 Å². The van der Waals surface area contributed by atoms with E-state index in [2.05, 4.69) is 10.0 Å². The quantitative estimate of drug-likeness (QED) is 0.738. The summed E-state index contributed by atoms with van der Waals surface area (Å²) in [7, 11) is -2.08. The summed E-state index contributed by atoms with van der Waals surface area (Å²) in [4.78, 5) is 12.3. The molecule has 0 spiro atoms. The second-order valence-corrected chi connectivity index (χ2v) is 7.39. The number of hydrogen-bond acceptors (Lipinski definition) is 4. The molecule has 0 fully saturated rings. The van der Waals surface area contributed by atoms with Gasteiger partial charge in [0.2, 0.25) is 10.0 Å². The van der Waals surface area contributed by atoms with Gasteiger partial charge in [-0.3, -0.25) is 4.79 Å². The fourth-order valence-electron chi connectivity index (χ4n) is 2.41. The highest BCUT2D eigenvalue weighted by Gasteiger charge is 2.16. The fraction of sp³-hybridized carbons (Fsp3) is 0.278. The Labute approximate surface area is 148 Å². The number of benzene rings is 2. The van der Waals surface area contributed by atoms with Crippen LogP contribution in [0.4, 0.5) is 0 Å². The maximum atomic E-state index is 12.3. The molecule has 134 valence electrons. The third-order valence-electron chi connectivity index (χ3n) is 3.65. The number of nitrogens with one attached hydrogen (secondary N) is 2. The zero-order chi connectivity index (χ0) is 18.4. The Kier molecular flexibility index (Phi) is 6.17. The maximum absolute atomic E-state index is 12.3. The molecule has 0 aliphatic rings. The minimum atomic E-state index is -3.60. The van der Waals surface area contributed by atoms with Gasteiger partial charge >= 0.3 is 0 Å². The number of methoxy groups -OCH3 is 1. The van der Waals surface area contributed by atoms with Crippen LogP contribution in [-0.4, -0.2) is 34.5 Å². The van der Waals surface area contributed by atoms with Crippen molar-refractivity contribution in [1.29, 1.82) is 0 Å². The number of aryl methyl sites for hydroxylation is 2. The summed E-state index contributed by atoms with van der Waals surface area (Å²) in [5.74, 6) is 0.299. The van der Waals surface area contributed by atoms with E-state index in [9.17, 15) is 13.2 Å². The number of rotatable bonds is 7. The highest BCUT2D eigenvalue weighted by molar-refractivity contribution is 7.89. The lowest BCUT2D eigenvalue weighted by atomic mass is 10.2. The highest BCUT2D eigenvalue weighted by Crippen LogP contribution is 2.16. The van der Waals surface area contributed by atoms with Gasteiger partial charge in [0.25, 0.3) is 5.91 Å². The minimum Gasteiger partial charge on any atom is -0.497 e. The van der Waals surface area contributed by atoms with Gasteiger partial charge in [0.15, 0.2) is 0 Å². The third-order valence-corrected chi connectivity index (χ3v) is 5.28. The summed E-state index contributed by atoms with van der Waals surface area (Å²) < 4.78 is 32.2. The van der Waals surface area contributed by atoms with Crippen LogP contribution in [0.3, 0.4) is 0 Å². The molecule has 0 aliphatic carbocycles. The molecule has 0 heterocycles. The van der Waals surface area contributed by atoms with Crippen LogP contribution in [0.2, 0.25) is 0 Å². The van der Waals surface area contributed by atoms with Gasteiger partial charge in [0.1, 0.15) is 5.75 Å². The molecule has 7 heteroatoms. The summed E-state index contributed by atoms with van der Waals surface area (Å²) >= 11 is 0. The van der Waals surface area contributed by atoms with Crippen LogP contribution in [0.1, 0.15) is 21.5 Å². The van der Waals surface area contributed by atoms with Crippen molar-refractivity contribution < 1.29 is 17.9 Å². The summed E-state index contributed by atoms with van der Waals surface area (Å²) in [5.41, 5.74) is 2.14. The molecule has 2 rings (SSSR count). The number of carbonyl (C=O) groups excluding carboxylic acids is 1. The zero-order valence-electron chi connectivity index (χ0n) is 14.5. The molecule has 0 radical (unpaired) electrons. The molecule has 0 unspecified atom stereocenters. The van der Waals surface area contributed by atoms with Crippen LogP contribution < -0.4 is 14.8 Å². The fourth-order valence-corrected chi connectivity index (χ4v) is 3.66. The van der Waals surface area contributed by atoms with E-state index in [0.29, 0.717) is 16.9 Å². The van der Waals surface area contributed by atoms with Gasteiger partial charge in [0.05, 0.1) is 12.0 Å². The van der Waals surface area contributed by atoms with E-state index in [-0.39, 0.29) is 23.9 Å². The number of ether oxygens (including phenoxy) is 1. The molecule has 6 nitrogen and oxygen atoms in total. The lowest BCUT2D eigenvalue weighted by Gasteiger charge is -2.11. The Morgan fingerprint density at radius 3 is 2.52 bits per heavy atom. The first kappa shape index (κ1) is 19.0. The summed E-state index contributed by atoms with van der Waals surface area (Å²) in [6, 6.07) is 11.9. The van der Waals surface area contributed by atoms with Gasteiger partial charge in [-0.2, -0.15) is 0 Å². The second kappa shape index (κ2) is 8.13. The van der Waals surface area contributed by atoms with Crippen molar-refractivity contribution in [3.63, 3.8) is 0 Å². The highest BCUT2D eigenvalue weighted by atomic mass is 32.2. The molecule has 0 atom stereocenters. The monoisotopic (exact) mass is 362 g/mol. The third kappa shape index (κ3) is 5.04. The Morgan fingerprint density at radius 1 is 1.08 bits per heavy atom. The molecule has 2 aromatic carbocycles. The van der Waals surface area contributed by atoms with Gasteiger partial charge < -0.3 is 10.1 Å². The van der Waals surface area contributed by atoms with Crippen molar-refractivity contribution >= 4 is 15.9 Å². The van der Waals surface area contributed by atoms with E-state index < -0.39 is 10.0 Å². The van der Waals surface area contributed by atoms with Gasteiger partial charge in [-0.05, 0) is 43.7 Å². The second-order valence-electron chi connectivity index (χ2n) is 5.65. The maximum Gasteiger partial charge on any atom is 0.251 e. The molecule has 0 bridgehead atoms. The Balaban J connectivity index is 1.90.